The Morgan fingerprint density at radius 1 is 0.519 bits per heavy atom. The third-order valence-corrected chi connectivity index (χ3v) is 11.5. The molecule has 0 saturated heterocycles. The Kier molecular flexibility index (Phi) is 13.8. The minimum absolute atomic E-state index is 0.581. The van der Waals surface area contributed by atoms with E-state index in [1.807, 2.05) is 6.07 Å². The van der Waals surface area contributed by atoms with Crippen LogP contribution in [0.25, 0.3) is 54.9 Å². The maximum absolute atomic E-state index is 4.93. The van der Waals surface area contributed by atoms with Crippen LogP contribution in [0.2, 0.25) is 0 Å². The molecule has 4 heteroatoms. The van der Waals surface area contributed by atoms with Gasteiger partial charge in [0.05, 0.1) is 9.52 Å². The van der Waals surface area contributed by atoms with Crippen LogP contribution in [-0.2, 0) is 20.8 Å². The fraction of sp³-hybridized carbons (Fsp3) is 0.160. The molecule has 270 valence electrons. The summed E-state index contributed by atoms with van der Waals surface area (Å²) in [5.74, 6) is 1.16. The number of benzene rings is 6. The Bertz CT molecular complexity index is 2290. The molecule has 0 bridgehead atoms. The summed E-state index contributed by atoms with van der Waals surface area (Å²) < 4.78 is 0. The van der Waals surface area contributed by atoms with Crippen molar-refractivity contribution in [3.8, 4) is 33.4 Å². The summed E-state index contributed by atoms with van der Waals surface area (Å²) in [6.45, 7) is 13.4. The molecule has 1 aliphatic rings. The Labute approximate surface area is 343 Å². The van der Waals surface area contributed by atoms with Gasteiger partial charge in [-0.15, -0.1) is 74.6 Å². The predicted molar refractivity (Wildman–Crippen MR) is 235 cm³/mol. The summed E-state index contributed by atoms with van der Waals surface area (Å²) in [4.78, 5) is 0. The minimum atomic E-state index is -0.826. The van der Waals surface area contributed by atoms with Gasteiger partial charge in [0.1, 0.15) is 0 Å². The van der Waals surface area contributed by atoms with E-state index in [4.69, 9.17) is 17.0 Å². The first-order valence-corrected chi connectivity index (χ1v) is 25.9. The van der Waals surface area contributed by atoms with E-state index in [2.05, 4.69) is 193 Å². The third kappa shape index (κ3) is 9.18. The van der Waals surface area contributed by atoms with Gasteiger partial charge in [-0.2, -0.15) is 41.6 Å². The molecule has 0 N–H and O–H groups in total. The second-order valence-electron chi connectivity index (χ2n) is 14.3. The second kappa shape index (κ2) is 18.7. The van der Waals surface area contributed by atoms with E-state index >= 15 is 0 Å². The largest absolute Gasteiger partial charge is 0.184 e. The monoisotopic (exact) mass is 833 g/mol. The van der Waals surface area contributed by atoms with Crippen LogP contribution in [-0.4, -0.2) is 9.52 Å². The second-order valence-corrected chi connectivity index (χ2v) is 19.4. The quantitative estimate of drug-likeness (QED) is 0.122. The van der Waals surface area contributed by atoms with Crippen molar-refractivity contribution in [2.24, 2.45) is 0 Å². The van der Waals surface area contributed by atoms with Gasteiger partial charge in [0.25, 0.3) is 0 Å². The van der Waals surface area contributed by atoms with Gasteiger partial charge in [-0.3, -0.25) is 0 Å². The Morgan fingerprint density at radius 2 is 0.944 bits per heavy atom. The molecule has 8 aromatic carbocycles. The molecule has 8 aromatic rings. The Balaban J connectivity index is 0.000000135. The van der Waals surface area contributed by atoms with E-state index in [0.717, 1.165) is 9.52 Å². The van der Waals surface area contributed by atoms with Crippen LogP contribution in [0.1, 0.15) is 61.8 Å². The number of hydrogen-bond acceptors (Lipinski definition) is 0. The summed E-state index contributed by atoms with van der Waals surface area (Å²) in [5.41, 5.74) is 13.7. The number of hydrogen-bond donors (Lipinski definition) is 0. The number of rotatable bonds is 4. The molecule has 0 fully saturated rings. The van der Waals surface area contributed by atoms with Crippen LogP contribution < -0.4 is 10.4 Å². The molecular formula is C50H45Cl2SiZr-3. The molecule has 0 aromatic heterocycles. The molecule has 0 unspecified atom stereocenters. The molecule has 1 heterocycles. The van der Waals surface area contributed by atoms with Crippen molar-refractivity contribution in [2.45, 2.75) is 53.4 Å². The van der Waals surface area contributed by atoms with E-state index in [0.29, 0.717) is 11.8 Å². The van der Waals surface area contributed by atoms with Gasteiger partial charge < -0.3 is 0 Å². The standard InChI is InChI=1S/2C19H19.C12H7Si.2ClH.Zr/c2*1-13(2)16-11-15-8-6-10-18(19(15)12-16)17-9-5-4-7-14(17)3;1-3-7-11-9(5-1)10-6-2-4-8-12(10)13-11;;;/h2*4-13H,1-3H3;1-7H;2*1H;/q3*-1;;;+2/p-2. The molecule has 0 saturated carbocycles. The number of fused-ring (bicyclic) bond motifs is 5. The molecule has 0 atom stereocenters. The van der Waals surface area contributed by atoms with Gasteiger partial charge in [-0.05, 0) is 47.9 Å². The van der Waals surface area contributed by atoms with Gasteiger partial charge in [0.2, 0.25) is 0 Å². The minimum Gasteiger partial charge on any atom is -0.184 e. The van der Waals surface area contributed by atoms with Crippen molar-refractivity contribution in [3.05, 3.63) is 180 Å². The molecule has 2 radical (unpaired) electrons. The predicted octanol–water partition coefficient (Wildman–Crippen LogP) is 13.8. The molecule has 0 amide bonds. The van der Waals surface area contributed by atoms with Crippen LogP contribution in [0.3, 0.4) is 0 Å². The molecule has 0 spiro atoms. The summed E-state index contributed by atoms with van der Waals surface area (Å²) in [5, 5.41) is 8.28. The zero-order valence-corrected chi connectivity index (χ0v) is 36.8. The Morgan fingerprint density at radius 3 is 1.43 bits per heavy atom. The van der Waals surface area contributed by atoms with Crippen LogP contribution in [0, 0.1) is 19.9 Å². The number of aryl methyl sites for hydroxylation is 2. The average Bonchev–Trinajstić information content (AvgIpc) is 3.92. The van der Waals surface area contributed by atoms with Gasteiger partial charge in [0, 0.05) is 0 Å². The van der Waals surface area contributed by atoms with E-state index in [1.165, 1.54) is 87.6 Å². The average molecular weight is 836 g/mol. The third-order valence-electron chi connectivity index (χ3n) is 10.1. The Hall–Kier alpha value is -3.78. The van der Waals surface area contributed by atoms with Crippen molar-refractivity contribution in [2.75, 3.05) is 0 Å². The molecule has 0 aliphatic carbocycles. The first-order valence-electron chi connectivity index (χ1n) is 18.5. The van der Waals surface area contributed by atoms with Crippen molar-refractivity contribution in [1.82, 2.24) is 0 Å². The van der Waals surface area contributed by atoms with Gasteiger partial charge in [-0.25, -0.2) is 0 Å². The molecule has 0 nitrogen and oxygen atoms in total. The maximum Gasteiger partial charge on any atom is 0.0920 e. The summed E-state index contributed by atoms with van der Waals surface area (Å²) >= 11 is -0.826. The van der Waals surface area contributed by atoms with Crippen molar-refractivity contribution < 1.29 is 20.8 Å². The van der Waals surface area contributed by atoms with Crippen LogP contribution in [0.15, 0.2) is 152 Å². The zero-order valence-electron chi connectivity index (χ0n) is 31.8. The van der Waals surface area contributed by atoms with Crippen LogP contribution in [0.5, 0.6) is 0 Å². The van der Waals surface area contributed by atoms with Gasteiger partial charge in [0.15, 0.2) is 0 Å². The van der Waals surface area contributed by atoms with Crippen molar-refractivity contribution in [3.63, 3.8) is 0 Å². The first-order chi connectivity index (χ1) is 26.2. The van der Waals surface area contributed by atoms with Crippen LogP contribution >= 0.6 is 17.0 Å². The topological polar surface area (TPSA) is 0 Å². The van der Waals surface area contributed by atoms with E-state index in [9.17, 15) is 0 Å². The van der Waals surface area contributed by atoms with Crippen molar-refractivity contribution >= 4 is 58.5 Å². The summed E-state index contributed by atoms with van der Waals surface area (Å²) in [6.07, 6.45) is 0. The SMILES string of the molecule is Cc1ccccc1-c1cccc2[cH-]c(C(C)C)cc12.Cc1ccccc1-c1cccc2[cH-]c(C(C)C)cc12.[Cl][Zr][Cl].[c-]1cccc2c1[Si]c1ccccc1-2. The maximum atomic E-state index is 4.93. The smallest absolute Gasteiger partial charge is 0.0920 e. The zero-order chi connectivity index (χ0) is 38.2. The normalized spacial score (nSPS) is 11.2. The van der Waals surface area contributed by atoms with Gasteiger partial charge in [-0.1, -0.05) is 135 Å². The van der Waals surface area contributed by atoms with E-state index < -0.39 is 20.8 Å². The van der Waals surface area contributed by atoms with E-state index in [-0.39, 0.29) is 0 Å². The first kappa shape index (κ1) is 39.9. The molecular weight excluding hydrogens is 791 g/mol. The fourth-order valence-corrected chi connectivity index (χ4v) is 8.44. The van der Waals surface area contributed by atoms with Crippen molar-refractivity contribution in [1.29, 1.82) is 0 Å². The molecule has 9 rings (SSSR count). The molecule has 54 heavy (non-hydrogen) atoms. The van der Waals surface area contributed by atoms with Crippen LogP contribution in [0.4, 0.5) is 0 Å². The van der Waals surface area contributed by atoms with Gasteiger partial charge >= 0.3 is 37.9 Å². The summed E-state index contributed by atoms with van der Waals surface area (Å²) in [6, 6.07) is 57.9. The number of halogens is 2. The summed E-state index contributed by atoms with van der Waals surface area (Å²) in [7, 11) is 10.7. The molecule has 1 aliphatic heterocycles. The van der Waals surface area contributed by atoms with E-state index in [1.54, 1.807) is 0 Å². The fourth-order valence-electron chi connectivity index (χ4n) is 7.13.